The lowest BCUT2D eigenvalue weighted by atomic mass is 10.2. The maximum absolute atomic E-state index is 11.6. The van der Waals surface area contributed by atoms with E-state index in [0.717, 1.165) is 15.5 Å². The summed E-state index contributed by atoms with van der Waals surface area (Å²) >= 11 is 1.54. The monoisotopic (exact) mass is 239 g/mol. The quantitative estimate of drug-likeness (QED) is 0.738. The number of anilines is 1. The molecule has 3 N–H and O–H groups in total. The van der Waals surface area contributed by atoms with Crippen molar-refractivity contribution in [3.63, 3.8) is 0 Å². The molecule has 1 unspecified atom stereocenters. The standard InChI is InChI=1S/C10H13N3O2S/c1-13-9(14)4-7(10(13)15)12-5-8-6(11)2-3-16-8/h2-3,7,12H,4-5,11H2,1H3. The normalized spacial score (nSPS) is 20.8. The van der Waals surface area contributed by atoms with Crippen LogP contribution in [-0.2, 0) is 16.1 Å². The average Bonchev–Trinajstić information content (AvgIpc) is 2.76. The number of likely N-dealkylation sites (N-methyl/N-ethyl adjacent to an activating group) is 1. The zero-order valence-electron chi connectivity index (χ0n) is 8.90. The van der Waals surface area contributed by atoms with Crippen molar-refractivity contribution >= 4 is 28.8 Å². The minimum absolute atomic E-state index is 0.137. The van der Waals surface area contributed by atoms with Crippen molar-refractivity contribution in [2.24, 2.45) is 0 Å². The summed E-state index contributed by atoms with van der Waals surface area (Å²) < 4.78 is 0. The molecule has 1 atom stereocenters. The number of hydrogen-bond acceptors (Lipinski definition) is 5. The second kappa shape index (κ2) is 4.23. The molecule has 0 radical (unpaired) electrons. The number of rotatable bonds is 3. The first kappa shape index (κ1) is 11.1. The summed E-state index contributed by atoms with van der Waals surface area (Å²) in [7, 11) is 1.51. The number of hydrogen-bond donors (Lipinski definition) is 2. The Morgan fingerprint density at radius 2 is 2.38 bits per heavy atom. The van der Waals surface area contributed by atoms with Gasteiger partial charge in [0.15, 0.2) is 0 Å². The molecule has 1 saturated heterocycles. The third-order valence-corrected chi connectivity index (χ3v) is 3.61. The largest absolute Gasteiger partial charge is 0.398 e. The van der Waals surface area contributed by atoms with Gasteiger partial charge in [-0.3, -0.25) is 14.5 Å². The third-order valence-electron chi connectivity index (χ3n) is 2.67. The Hall–Kier alpha value is -1.40. The average molecular weight is 239 g/mol. The molecular formula is C10H13N3O2S. The van der Waals surface area contributed by atoms with Crippen molar-refractivity contribution in [2.45, 2.75) is 19.0 Å². The second-order valence-corrected chi connectivity index (χ2v) is 4.73. The molecule has 86 valence electrons. The Bertz CT molecular complexity index is 429. The van der Waals surface area contributed by atoms with Gasteiger partial charge in [0.05, 0.1) is 12.5 Å². The van der Waals surface area contributed by atoms with Gasteiger partial charge in [0.1, 0.15) is 0 Å². The Labute approximate surface area is 97.2 Å². The van der Waals surface area contributed by atoms with E-state index in [4.69, 9.17) is 5.73 Å². The SMILES string of the molecule is CN1C(=O)CC(NCc2sccc2N)C1=O. The van der Waals surface area contributed by atoms with E-state index in [2.05, 4.69) is 5.32 Å². The van der Waals surface area contributed by atoms with Gasteiger partial charge in [0.25, 0.3) is 0 Å². The Balaban J connectivity index is 1.95. The number of carbonyl (C=O) groups excluding carboxylic acids is 2. The molecule has 0 spiro atoms. The van der Waals surface area contributed by atoms with Crippen molar-refractivity contribution in [3.8, 4) is 0 Å². The molecule has 16 heavy (non-hydrogen) atoms. The lowest BCUT2D eigenvalue weighted by molar-refractivity contribution is -0.137. The maximum Gasteiger partial charge on any atom is 0.246 e. The zero-order chi connectivity index (χ0) is 11.7. The minimum atomic E-state index is -0.404. The van der Waals surface area contributed by atoms with Gasteiger partial charge in [-0.2, -0.15) is 0 Å². The first-order valence-corrected chi connectivity index (χ1v) is 5.83. The molecule has 0 aromatic carbocycles. The van der Waals surface area contributed by atoms with E-state index < -0.39 is 6.04 Å². The molecule has 1 aliphatic rings. The highest BCUT2D eigenvalue weighted by atomic mass is 32.1. The number of likely N-dealkylation sites (tertiary alicyclic amines) is 1. The van der Waals surface area contributed by atoms with E-state index in [9.17, 15) is 9.59 Å². The van der Waals surface area contributed by atoms with E-state index in [1.54, 1.807) is 0 Å². The molecule has 2 rings (SSSR count). The number of thiophene rings is 1. The topological polar surface area (TPSA) is 75.4 Å². The summed E-state index contributed by atoms with van der Waals surface area (Å²) in [6.45, 7) is 0.529. The van der Waals surface area contributed by atoms with Crippen LogP contribution in [-0.4, -0.2) is 29.8 Å². The third kappa shape index (κ3) is 1.94. The number of nitrogens with one attached hydrogen (secondary N) is 1. The predicted molar refractivity (Wildman–Crippen MR) is 61.8 cm³/mol. The van der Waals surface area contributed by atoms with Gasteiger partial charge in [0, 0.05) is 24.2 Å². The Morgan fingerprint density at radius 1 is 1.62 bits per heavy atom. The molecule has 1 aliphatic heterocycles. The molecule has 1 aromatic heterocycles. The lowest BCUT2D eigenvalue weighted by Gasteiger charge is -2.10. The van der Waals surface area contributed by atoms with Gasteiger partial charge in [-0.25, -0.2) is 0 Å². The highest BCUT2D eigenvalue weighted by Gasteiger charge is 2.35. The molecule has 0 aliphatic carbocycles. The predicted octanol–water partition coefficient (Wildman–Crippen LogP) is 0.177. The first-order valence-electron chi connectivity index (χ1n) is 4.95. The van der Waals surface area contributed by atoms with Crippen LogP contribution in [0.3, 0.4) is 0 Å². The number of nitrogen functional groups attached to an aromatic ring is 1. The van der Waals surface area contributed by atoms with Gasteiger partial charge in [0.2, 0.25) is 11.8 Å². The molecule has 5 nitrogen and oxygen atoms in total. The van der Waals surface area contributed by atoms with E-state index in [0.29, 0.717) is 6.54 Å². The van der Waals surface area contributed by atoms with Crippen molar-refractivity contribution in [1.29, 1.82) is 0 Å². The molecule has 2 heterocycles. The van der Waals surface area contributed by atoms with E-state index in [1.807, 2.05) is 11.4 Å². The number of amides is 2. The summed E-state index contributed by atoms with van der Waals surface area (Å²) in [5.41, 5.74) is 6.45. The summed E-state index contributed by atoms with van der Waals surface area (Å²) in [6.07, 6.45) is 0.237. The number of imide groups is 1. The highest BCUT2D eigenvalue weighted by Crippen LogP contribution is 2.19. The molecule has 0 bridgehead atoms. The minimum Gasteiger partial charge on any atom is -0.398 e. The highest BCUT2D eigenvalue weighted by molar-refractivity contribution is 7.10. The van der Waals surface area contributed by atoms with Gasteiger partial charge in [-0.15, -0.1) is 11.3 Å². The van der Waals surface area contributed by atoms with Crippen LogP contribution in [0.25, 0.3) is 0 Å². The van der Waals surface area contributed by atoms with Crippen molar-refractivity contribution in [3.05, 3.63) is 16.3 Å². The molecular weight excluding hydrogens is 226 g/mol. The Morgan fingerprint density at radius 3 is 2.88 bits per heavy atom. The smallest absolute Gasteiger partial charge is 0.246 e. The molecule has 2 amide bonds. The second-order valence-electron chi connectivity index (χ2n) is 3.73. The van der Waals surface area contributed by atoms with Crippen LogP contribution in [0.15, 0.2) is 11.4 Å². The van der Waals surface area contributed by atoms with Gasteiger partial charge >= 0.3 is 0 Å². The number of nitrogens with two attached hydrogens (primary N) is 1. The fourth-order valence-corrected chi connectivity index (χ4v) is 2.37. The van der Waals surface area contributed by atoms with Crippen LogP contribution >= 0.6 is 11.3 Å². The number of carbonyl (C=O) groups is 2. The van der Waals surface area contributed by atoms with E-state index >= 15 is 0 Å². The summed E-state index contributed by atoms with van der Waals surface area (Å²) in [4.78, 5) is 25.0. The molecule has 6 heteroatoms. The van der Waals surface area contributed by atoms with Crippen molar-refractivity contribution in [2.75, 3.05) is 12.8 Å². The van der Waals surface area contributed by atoms with Crippen molar-refractivity contribution in [1.82, 2.24) is 10.2 Å². The van der Waals surface area contributed by atoms with Gasteiger partial charge < -0.3 is 11.1 Å². The van der Waals surface area contributed by atoms with Crippen LogP contribution in [0.5, 0.6) is 0 Å². The molecule has 0 saturated carbocycles. The van der Waals surface area contributed by atoms with Gasteiger partial charge in [-0.1, -0.05) is 0 Å². The summed E-state index contributed by atoms with van der Waals surface area (Å²) in [5, 5.41) is 4.96. The van der Waals surface area contributed by atoms with Crippen LogP contribution in [0.4, 0.5) is 5.69 Å². The fraction of sp³-hybridized carbons (Fsp3) is 0.400. The number of nitrogens with zero attached hydrogens (tertiary/aromatic N) is 1. The summed E-state index contributed by atoms with van der Waals surface area (Å²) in [5.74, 6) is -0.304. The van der Waals surface area contributed by atoms with E-state index in [-0.39, 0.29) is 18.2 Å². The molecule has 1 fully saturated rings. The summed E-state index contributed by atoms with van der Waals surface area (Å²) in [6, 6.07) is 1.43. The molecule has 1 aromatic rings. The van der Waals surface area contributed by atoms with Crippen LogP contribution in [0, 0.1) is 0 Å². The fourth-order valence-electron chi connectivity index (χ4n) is 1.63. The van der Waals surface area contributed by atoms with Crippen LogP contribution in [0.2, 0.25) is 0 Å². The van der Waals surface area contributed by atoms with Gasteiger partial charge in [-0.05, 0) is 11.4 Å². The lowest BCUT2D eigenvalue weighted by Crippen LogP contribution is -2.36. The maximum atomic E-state index is 11.6. The van der Waals surface area contributed by atoms with Crippen LogP contribution < -0.4 is 11.1 Å². The zero-order valence-corrected chi connectivity index (χ0v) is 9.71. The van der Waals surface area contributed by atoms with E-state index in [1.165, 1.54) is 18.4 Å². The Kier molecular flexibility index (Phi) is 2.93. The first-order chi connectivity index (χ1) is 7.59. The van der Waals surface area contributed by atoms with Crippen LogP contribution in [0.1, 0.15) is 11.3 Å². The van der Waals surface area contributed by atoms with Crippen molar-refractivity contribution < 1.29 is 9.59 Å².